The van der Waals surface area contributed by atoms with Gasteiger partial charge in [-0.1, -0.05) is 43.9 Å². The molecule has 0 unspecified atom stereocenters. The fraction of sp³-hybridized carbons (Fsp3) is 0.562. The number of carbonyl (C=O) groups is 1. The van der Waals surface area contributed by atoms with E-state index in [1.54, 1.807) is 0 Å². The average molecular weight is 259 g/mol. The largest absolute Gasteiger partial charge is 0.483 e. The van der Waals surface area contributed by atoms with Gasteiger partial charge in [0.1, 0.15) is 5.75 Å². The molecule has 1 saturated carbocycles. The molecule has 0 spiro atoms. The van der Waals surface area contributed by atoms with Gasteiger partial charge in [0.25, 0.3) is 5.91 Å². The molecule has 2 aliphatic rings. The van der Waals surface area contributed by atoms with E-state index in [1.807, 2.05) is 18.2 Å². The summed E-state index contributed by atoms with van der Waals surface area (Å²) in [6.07, 6.45) is 7.41. The molecule has 1 aromatic carbocycles. The highest BCUT2D eigenvalue weighted by molar-refractivity contribution is 5.79. The van der Waals surface area contributed by atoms with Crippen molar-refractivity contribution < 1.29 is 9.53 Å². The van der Waals surface area contributed by atoms with Gasteiger partial charge in [0.15, 0.2) is 6.61 Å². The zero-order valence-electron chi connectivity index (χ0n) is 11.3. The summed E-state index contributed by atoms with van der Waals surface area (Å²) in [5.74, 6) is 1.01. The van der Waals surface area contributed by atoms with E-state index >= 15 is 0 Å². The SMILES string of the molecule is O=C1COc2ccccc2CN1C1CCCCCC1. The second-order valence-electron chi connectivity index (χ2n) is 5.56. The summed E-state index contributed by atoms with van der Waals surface area (Å²) in [4.78, 5) is 14.3. The number of carbonyl (C=O) groups excluding carboxylic acids is 1. The maximum Gasteiger partial charge on any atom is 0.261 e. The molecule has 1 fully saturated rings. The van der Waals surface area contributed by atoms with E-state index in [4.69, 9.17) is 4.74 Å². The van der Waals surface area contributed by atoms with Crippen molar-refractivity contribution in [1.29, 1.82) is 0 Å². The molecule has 3 heteroatoms. The number of amides is 1. The molecule has 1 heterocycles. The van der Waals surface area contributed by atoms with Crippen molar-refractivity contribution in [1.82, 2.24) is 4.90 Å². The van der Waals surface area contributed by atoms with Gasteiger partial charge in [0.2, 0.25) is 0 Å². The van der Waals surface area contributed by atoms with E-state index in [-0.39, 0.29) is 12.5 Å². The number of nitrogens with zero attached hydrogens (tertiary/aromatic N) is 1. The molecule has 0 atom stereocenters. The van der Waals surface area contributed by atoms with Gasteiger partial charge < -0.3 is 9.64 Å². The third-order valence-electron chi connectivity index (χ3n) is 4.25. The Morgan fingerprint density at radius 1 is 1.05 bits per heavy atom. The lowest BCUT2D eigenvalue weighted by molar-refractivity contribution is -0.135. The van der Waals surface area contributed by atoms with Crippen LogP contribution in [-0.2, 0) is 11.3 Å². The molecule has 3 rings (SSSR count). The maximum absolute atomic E-state index is 12.3. The van der Waals surface area contributed by atoms with Crippen molar-refractivity contribution in [2.75, 3.05) is 6.61 Å². The summed E-state index contributed by atoms with van der Waals surface area (Å²) < 4.78 is 5.62. The van der Waals surface area contributed by atoms with E-state index < -0.39 is 0 Å². The highest BCUT2D eigenvalue weighted by Gasteiger charge is 2.28. The fourth-order valence-electron chi connectivity index (χ4n) is 3.17. The van der Waals surface area contributed by atoms with Crippen LogP contribution in [0.3, 0.4) is 0 Å². The summed E-state index contributed by atoms with van der Waals surface area (Å²) in [7, 11) is 0. The fourth-order valence-corrected chi connectivity index (χ4v) is 3.17. The minimum Gasteiger partial charge on any atom is -0.483 e. The molecule has 0 aromatic heterocycles. The Bertz CT molecular complexity index is 450. The summed E-state index contributed by atoms with van der Waals surface area (Å²) in [6, 6.07) is 8.41. The topological polar surface area (TPSA) is 29.5 Å². The quantitative estimate of drug-likeness (QED) is 0.725. The van der Waals surface area contributed by atoms with Crippen molar-refractivity contribution in [3.8, 4) is 5.75 Å². The van der Waals surface area contributed by atoms with E-state index in [1.165, 1.54) is 25.7 Å². The highest BCUT2D eigenvalue weighted by Crippen LogP contribution is 2.28. The number of fused-ring (bicyclic) bond motifs is 1. The smallest absolute Gasteiger partial charge is 0.261 e. The lowest BCUT2D eigenvalue weighted by atomic mass is 10.1. The van der Waals surface area contributed by atoms with Gasteiger partial charge in [-0.25, -0.2) is 0 Å². The summed E-state index contributed by atoms with van der Waals surface area (Å²) >= 11 is 0. The predicted molar refractivity (Wildman–Crippen MR) is 74.0 cm³/mol. The first-order valence-electron chi connectivity index (χ1n) is 7.35. The minimum atomic E-state index is 0.142. The van der Waals surface area contributed by atoms with Crippen LogP contribution >= 0.6 is 0 Å². The van der Waals surface area contributed by atoms with Crippen LogP contribution < -0.4 is 4.74 Å². The van der Waals surface area contributed by atoms with E-state index in [2.05, 4.69) is 11.0 Å². The lowest BCUT2D eigenvalue weighted by Gasteiger charge is -2.29. The number of rotatable bonds is 1. The van der Waals surface area contributed by atoms with E-state index in [9.17, 15) is 4.79 Å². The van der Waals surface area contributed by atoms with Crippen molar-refractivity contribution in [2.45, 2.75) is 51.1 Å². The molecule has 1 aromatic rings. The third-order valence-corrected chi connectivity index (χ3v) is 4.25. The Morgan fingerprint density at radius 3 is 2.58 bits per heavy atom. The van der Waals surface area contributed by atoms with Gasteiger partial charge in [-0.3, -0.25) is 4.79 Å². The van der Waals surface area contributed by atoms with Crippen LogP contribution in [0.15, 0.2) is 24.3 Å². The monoisotopic (exact) mass is 259 g/mol. The van der Waals surface area contributed by atoms with Crippen LogP contribution in [0.2, 0.25) is 0 Å². The standard InChI is InChI=1S/C16H21NO2/c18-16-12-19-15-10-6-5-7-13(15)11-17(16)14-8-3-1-2-4-9-14/h5-7,10,14H,1-4,8-9,11-12H2. The molecule has 3 nitrogen and oxygen atoms in total. The molecule has 0 saturated heterocycles. The molecule has 1 amide bonds. The summed E-state index contributed by atoms with van der Waals surface area (Å²) in [5.41, 5.74) is 1.14. The van der Waals surface area contributed by atoms with Gasteiger partial charge in [-0.05, 0) is 18.9 Å². The Balaban J connectivity index is 1.82. The van der Waals surface area contributed by atoms with E-state index in [0.29, 0.717) is 12.6 Å². The molecule has 0 N–H and O–H groups in total. The molecule has 0 bridgehead atoms. The Kier molecular flexibility index (Phi) is 3.72. The molecular formula is C16H21NO2. The Labute approximate surface area is 114 Å². The summed E-state index contributed by atoms with van der Waals surface area (Å²) in [5, 5.41) is 0. The second kappa shape index (κ2) is 5.64. The van der Waals surface area contributed by atoms with Crippen molar-refractivity contribution >= 4 is 5.91 Å². The van der Waals surface area contributed by atoms with Crippen LogP contribution in [0.1, 0.15) is 44.1 Å². The molecule has 1 aliphatic carbocycles. The Hall–Kier alpha value is -1.51. The van der Waals surface area contributed by atoms with Gasteiger partial charge in [-0.2, -0.15) is 0 Å². The molecule has 1 aliphatic heterocycles. The van der Waals surface area contributed by atoms with Crippen LogP contribution in [-0.4, -0.2) is 23.5 Å². The molecule has 0 radical (unpaired) electrons. The van der Waals surface area contributed by atoms with Gasteiger partial charge in [0.05, 0.1) is 0 Å². The zero-order valence-corrected chi connectivity index (χ0v) is 11.3. The Morgan fingerprint density at radius 2 is 1.79 bits per heavy atom. The van der Waals surface area contributed by atoms with E-state index in [0.717, 1.165) is 24.2 Å². The number of hydrogen-bond acceptors (Lipinski definition) is 2. The number of para-hydroxylation sites is 1. The summed E-state index contributed by atoms with van der Waals surface area (Å²) in [6.45, 7) is 0.896. The molecule has 19 heavy (non-hydrogen) atoms. The number of benzene rings is 1. The highest BCUT2D eigenvalue weighted by atomic mass is 16.5. The first kappa shape index (κ1) is 12.5. The second-order valence-corrected chi connectivity index (χ2v) is 5.56. The number of ether oxygens (including phenoxy) is 1. The number of hydrogen-bond donors (Lipinski definition) is 0. The van der Waals surface area contributed by atoms with Gasteiger partial charge >= 0.3 is 0 Å². The van der Waals surface area contributed by atoms with Crippen molar-refractivity contribution in [3.63, 3.8) is 0 Å². The van der Waals surface area contributed by atoms with Crippen LogP contribution in [0.25, 0.3) is 0 Å². The van der Waals surface area contributed by atoms with Crippen LogP contribution in [0.5, 0.6) is 5.75 Å². The third kappa shape index (κ3) is 2.75. The van der Waals surface area contributed by atoms with Crippen molar-refractivity contribution in [3.05, 3.63) is 29.8 Å². The average Bonchev–Trinajstić information content (AvgIpc) is 2.79. The molecule has 102 valence electrons. The first-order valence-corrected chi connectivity index (χ1v) is 7.35. The lowest BCUT2D eigenvalue weighted by Crippen LogP contribution is -2.40. The normalized spacial score (nSPS) is 21.3. The van der Waals surface area contributed by atoms with Crippen molar-refractivity contribution in [2.24, 2.45) is 0 Å². The first-order chi connectivity index (χ1) is 9.34. The zero-order chi connectivity index (χ0) is 13.1. The minimum absolute atomic E-state index is 0.142. The van der Waals surface area contributed by atoms with Gasteiger partial charge in [0, 0.05) is 18.2 Å². The maximum atomic E-state index is 12.3. The van der Waals surface area contributed by atoms with Crippen LogP contribution in [0, 0.1) is 0 Å². The van der Waals surface area contributed by atoms with Gasteiger partial charge in [-0.15, -0.1) is 0 Å². The predicted octanol–water partition coefficient (Wildman–Crippen LogP) is 3.13. The molecular weight excluding hydrogens is 238 g/mol. The van der Waals surface area contributed by atoms with Crippen LogP contribution in [0.4, 0.5) is 0 Å².